The van der Waals surface area contributed by atoms with Crippen LogP contribution in [0.5, 0.6) is 0 Å². The number of hydrogen-bond donors (Lipinski definition) is 0. The van der Waals surface area contributed by atoms with Crippen LogP contribution in [0.4, 0.5) is 4.39 Å². The largest absolute Gasteiger partial charge is 0.462 e. The quantitative estimate of drug-likeness (QED) is 0.476. The zero-order chi connectivity index (χ0) is 9.84. The van der Waals surface area contributed by atoms with Gasteiger partial charge in [0, 0.05) is 0 Å². The van der Waals surface area contributed by atoms with Gasteiger partial charge in [-0.05, 0) is 41.6 Å². The maximum atomic E-state index is 13.0. The Morgan fingerprint density at radius 2 is 2.38 bits per heavy atom. The molecule has 1 aromatic rings. The summed E-state index contributed by atoms with van der Waals surface area (Å²) in [7, 11) is 0. The molecule has 0 aromatic carbocycles. The summed E-state index contributed by atoms with van der Waals surface area (Å²) in [6.07, 6.45) is 0. The molecule has 1 heterocycles. The Morgan fingerprint density at radius 1 is 1.69 bits per heavy atom. The van der Waals surface area contributed by atoms with Gasteiger partial charge in [-0.25, -0.2) is 9.78 Å². The number of esters is 1. The highest BCUT2D eigenvalue weighted by Gasteiger charge is 2.13. The Balaban J connectivity index is 2.95. The molecule has 0 radical (unpaired) electrons. The van der Waals surface area contributed by atoms with E-state index in [2.05, 4.69) is 9.72 Å². The Morgan fingerprint density at radius 3 is 2.92 bits per heavy atom. The topological polar surface area (TPSA) is 39.2 Å². The van der Waals surface area contributed by atoms with E-state index in [1.165, 1.54) is 6.07 Å². The number of hydrogen-bond acceptors (Lipinski definition) is 3. The zero-order valence-electron chi connectivity index (χ0n) is 6.88. The van der Waals surface area contributed by atoms with E-state index >= 15 is 0 Å². The summed E-state index contributed by atoms with van der Waals surface area (Å²) in [5.74, 6) is -1.46. The second-order valence-electron chi connectivity index (χ2n) is 2.19. The number of rotatable bonds is 2. The van der Waals surface area contributed by atoms with E-state index in [1.54, 1.807) is 13.0 Å². The van der Waals surface area contributed by atoms with Crippen molar-refractivity contribution >= 4 is 28.6 Å². The lowest BCUT2D eigenvalue weighted by Crippen LogP contribution is -2.08. The summed E-state index contributed by atoms with van der Waals surface area (Å²) in [6.45, 7) is 1.89. The van der Waals surface area contributed by atoms with Crippen molar-refractivity contribution in [2.24, 2.45) is 0 Å². The molecule has 0 amide bonds. The first-order valence-corrected chi connectivity index (χ1v) is 4.72. The van der Waals surface area contributed by atoms with Gasteiger partial charge in [0.25, 0.3) is 0 Å². The Hall–Kier alpha value is -0.720. The smallest absolute Gasteiger partial charge is 0.342 e. The fourth-order valence-corrected chi connectivity index (χ4v) is 1.16. The number of carbonyl (C=O) groups excluding carboxylic acids is 1. The van der Waals surface area contributed by atoms with Crippen molar-refractivity contribution in [3.63, 3.8) is 0 Å². The van der Waals surface area contributed by atoms with E-state index in [9.17, 15) is 9.18 Å². The second kappa shape index (κ2) is 4.50. The van der Waals surface area contributed by atoms with Gasteiger partial charge in [0.1, 0.15) is 9.26 Å². The van der Waals surface area contributed by atoms with Crippen LogP contribution in [-0.2, 0) is 4.74 Å². The third-order valence-electron chi connectivity index (χ3n) is 1.31. The molecular formula is C8H7FINO2. The van der Waals surface area contributed by atoms with Crippen LogP contribution in [0.1, 0.15) is 17.3 Å². The molecule has 0 aliphatic rings. The van der Waals surface area contributed by atoms with E-state index in [1.807, 2.05) is 22.6 Å². The predicted molar refractivity (Wildman–Crippen MR) is 52.9 cm³/mol. The SMILES string of the molecule is CCOC(=O)c1ccc(I)nc1F. The summed E-state index contributed by atoms with van der Waals surface area (Å²) in [5.41, 5.74) is -0.123. The van der Waals surface area contributed by atoms with Crippen molar-refractivity contribution in [3.8, 4) is 0 Å². The number of pyridine rings is 1. The summed E-state index contributed by atoms with van der Waals surface area (Å²) in [6, 6.07) is 2.91. The normalized spacial score (nSPS) is 9.77. The molecule has 0 unspecified atom stereocenters. The second-order valence-corrected chi connectivity index (χ2v) is 3.30. The molecule has 3 nitrogen and oxygen atoms in total. The fourth-order valence-electron chi connectivity index (χ4n) is 0.773. The van der Waals surface area contributed by atoms with Gasteiger partial charge < -0.3 is 4.74 Å². The van der Waals surface area contributed by atoms with Crippen LogP contribution in [-0.4, -0.2) is 17.6 Å². The lowest BCUT2D eigenvalue weighted by atomic mass is 10.3. The molecule has 0 saturated heterocycles. The van der Waals surface area contributed by atoms with Crippen LogP contribution in [0.15, 0.2) is 12.1 Å². The molecule has 0 aliphatic carbocycles. The first-order chi connectivity index (χ1) is 6.15. The van der Waals surface area contributed by atoms with Crippen LogP contribution in [0.3, 0.4) is 0 Å². The van der Waals surface area contributed by atoms with Crippen molar-refractivity contribution < 1.29 is 13.9 Å². The Kier molecular flexibility index (Phi) is 3.58. The third-order valence-corrected chi connectivity index (χ3v) is 1.91. The highest BCUT2D eigenvalue weighted by Crippen LogP contribution is 2.09. The van der Waals surface area contributed by atoms with Crippen LogP contribution in [0.2, 0.25) is 0 Å². The maximum absolute atomic E-state index is 13.0. The highest BCUT2D eigenvalue weighted by atomic mass is 127. The van der Waals surface area contributed by atoms with Crippen molar-refractivity contribution in [1.29, 1.82) is 0 Å². The van der Waals surface area contributed by atoms with E-state index < -0.39 is 11.9 Å². The number of carbonyl (C=O) groups is 1. The van der Waals surface area contributed by atoms with Gasteiger partial charge in [-0.15, -0.1) is 0 Å². The average molecular weight is 295 g/mol. The molecule has 13 heavy (non-hydrogen) atoms. The third kappa shape index (κ3) is 2.61. The van der Waals surface area contributed by atoms with Gasteiger partial charge in [0.15, 0.2) is 0 Å². The van der Waals surface area contributed by atoms with Crippen LogP contribution < -0.4 is 0 Å². The number of aromatic nitrogens is 1. The molecule has 0 bridgehead atoms. The van der Waals surface area contributed by atoms with Crippen LogP contribution in [0, 0.1) is 9.65 Å². The lowest BCUT2D eigenvalue weighted by Gasteiger charge is -2.01. The minimum Gasteiger partial charge on any atom is -0.462 e. The molecule has 1 aromatic heterocycles. The van der Waals surface area contributed by atoms with Gasteiger partial charge in [0.2, 0.25) is 5.95 Å². The molecule has 0 atom stereocenters. The molecule has 0 spiro atoms. The van der Waals surface area contributed by atoms with Crippen molar-refractivity contribution in [2.75, 3.05) is 6.61 Å². The molecular weight excluding hydrogens is 288 g/mol. The lowest BCUT2D eigenvalue weighted by molar-refractivity contribution is 0.0520. The van der Waals surface area contributed by atoms with Gasteiger partial charge >= 0.3 is 5.97 Å². The number of nitrogens with zero attached hydrogens (tertiary/aromatic N) is 1. The molecule has 0 fully saturated rings. The van der Waals surface area contributed by atoms with Crippen molar-refractivity contribution in [2.45, 2.75) is 6.92 Å². The van der Waals surface area contributed by atoms with Crippen molar-refractivity contribution in [1.82, 2.24) is 4.98 Å². The molecule has 1 rings (SSSR count). The monoisotopic (exact) mass is 295 g/mol. The van der Waals surface area contributed by atoms with Gasteiger partial charge in [0.05, 0.1) is 6.61 Å². The van der Waals surface area contributed by atoms with E-state index in [4.69, 9.17) is 0 Å². The zero-order valence-corrected chi connectivity index (χ0v) is 9.04. The van der Waals surface area contributed by atoms with Crippen LogP contribution in [0.25, 0.3) is 0 Å². The van der Waals surface area contributed by atoms with Crippen molar-refractivity contribution in [3.05, 3.63) is 27.3 Å². The highest BCUT2D eigenvalue weighted by molar-refractivity contribution is 14.1. The van der Waals surface area contributed by atoms with Gasteiger partial charge in [-0.2, -0.15) is 4.39 Å². The Labute approximate surface area is 88.4 Å². The summed E-state index contributed by atoms with van der Waals surface area (Å²) >= 11 is 1.86. The molecule has 0 aliphatic heterocycles. The molecule has 70 valence electrons. The van der Waals surface area contributed by atoms with Gasteiger partial charge in [-0.1, -0.05) is 0 Å². The minimum absolute atomic E-state index is 0.123. The van der Waals surface area contributed by atoms with Crippen LogP contribution >= 0.6 is 22.6 Å². The van der Waals surface area contributed by atoms with E-state index in [-0.39, 0.29) is 12.2 Å². The summed E-state index contributed by atoms with van der Waals surface area (Å²) < 4.78 is 18.1. The standard InChI is InChI=1S/C8H7FINO2/c1-2-13-8(12)5-3-4-6(10)11-7(5)9/h3-4H,2H2,1H3. The van der Waals surface area contributed by atoms with E-state index in [0.29, 0.717) is 3.70 Å². The number of halogens is 2. The molecule has 5 heteroatoms. The molecule has 0 N–H and O–H groups in total. The first kappa shape index (κ1) is 10.4. The maximum Gasteiger partial charge on any atom is 0.342 e. The first-order valence-electron chi connectivity index (χ1n) is 3.64. The van der Waals surface area contributed by atoms with E-state index in [0.717, 1.165) is 0 Å². The fraction of sp³-hybridized carbons (Fsp3) is 0.250. The predicted octanol–water partition coefficient (Wildman–Crippen LogP) is 2.00. The summed E-state index contributed by atoms with van der Waals surface area (Å²) in [5, 5.41) is 0. The average Bonchev–Trinajstić information content (AvgIpc) is 2.04. The minimum atomic E-state index is -0.787. The Bertz CT molecular complexity index is 330. The summed E-state index contributed by atoms with van der Waals surface area (Å²) in [4.78, 5) is 14.6. The number of ether oxygens (including phenoxy) is 1. The molecule has 0 saturated carbocycles. The van der Waals surface area contributed by atoms with Gasteiger partial charge in [-0.3, -0.25) is 0 Å².